The summed E-state index contributed by atoms with van der Waals surface area (Å²) in [5.41, 5.74) is 2.91. The highest BCUT2D eigenvalue weighted by Gasteiger charge is 2.39. The third kappa shape index (κ3) is 4.87. The summed E-state index contributed by atoms with van der Waals surface area (Å²) < 4.78 is 5.17. The van der Waals surface area contributed by atoms with E-state index in [2.05, 4.69) is 5.32 Å². The van der Waals surface area contributed by atoms with Crippen molar-refractivity contribution in [2.24, 2.45) is 5.92 Å². The van der Waals surface area contributed by atoms with Gasteiger partial charge in [-0.2, -0.15) is 0 Å². The van der Waals surface area contributed by atoms with Crippen LogP contribution in [0.2, 0.25) is 0 Å². The molecular formula is C21H28N2O4. The Morgan fingerprint density at radius 3 is 2.59 bits per heavy atom. The van der Waals surface area contributed by atoms with E-state index in [1.807, 2.05) is 36.9 Å². The summed E-state index contributed by atoms with van der Waals surface area (Å²) in [5.74, 6) is -1.27. The predicted octanol–water partition coefficient (Wildman–Crippen LogP) is 2.97. The second-order valence-corrected chi connectivity index (χ2v) is 7.69. The topological polar surface area (TPSA) is 75.7 Å². The van der Waals surface area contributed by atoms with Crippen LogP contribution in [0.5, 0.6) is 0 Å². The number of hydrogen-bond acceptors (Lipinski definition) is 4. The van der Waals surface area contributed by atoms with Gasteiger partial charge < -0.3 is 15.0 Å². The Morgan fingerprint density at radius 1 is 1.15 bits per heavy atom. The van der Waals surface area contributed by atoms with Gasteiger partial charge in [0.25, 0.3) is 5.91 Å². The zero-order valence-corrected chi connectivity index (χ0v) is 16.1. The second kappa shape index (κ2) is 8.55. The van der Waals surface area contributed by atoms with E-state index in [0.717, 1.165) is 36.8 Å². The van der Waals surface area contributed by atoms with Gasteiger partial charge in [0.2, 0.25) is 5.91 Å². The number of benzene rings is 1. The lowest BCUT2D eigenvalue weighted by Crippen LogP contribution is -2.38. The molecule has 0 unspecified atom stereocenters. The van der Waals surface area contributed by atoms with Crippen LogP contribution >= 0.6 is 0 Å². The summed E-state index contributed by atoms with van der Waals surface area (Å²) >= 11 is 0. The molecule has 6 heteroatoms. The average molecular weight is 372 g/mol. The number of anilines is 1. The van der Waals surface area contributed by atoms with Crippen molar-refractivity contribution in [1.29, 1.82) is 0 Å². The van der Waals surface area contributed by atoms with Gasteiger partial charge >= 0.3 is 5.97 Å². The SMILES string of the molecule is Cc1ccc(NC(=O)COC(=O)[C@@H]2CC(=O)N(C3CCCCC3)C2)cc1C. The first-order valence-corrected chi connectivity index (χ1v) is 9.77. The first-order chi connectivity index (χ1) is 12.9. The Kier molecular flexibility index (Phi) is 6.14. The van der Waals surface area contributed by atoms with Gasteiger partial charge in [0.1, 0.15) is 0 Å². The lowest BCUT2D eigenvalue weighted by atomic mass is 9.94. The number of rotatable bonds is 5. The second-order valence-electron chi connectivity index (χ2n) is 7.69. The van der Waals surface area contributed by atoms with Crippen molar-refractivity contribution < 1.29 is 19.1 Å². The molecular weight excluding hydrogens is 344 g/mol. The quantitative estimate of drug-likeness (QED) is 0.806. The highest BCUT2D eigenvalue weighted by atomic mass is 16.5. The molecule has 1 saturated carbocycles. The minimum absolute atomic E-state index is 0.0310. The number of aryl methyl sites for hydroxylation is 2. The van der Waals surface area contributed by atoms with Gasteiger partial charge in [0, 0.05) is 24.7 Å². The molecule has 2 fully saturated rings. The number of likely N-dealkylation sites (tertiary alicyclic amines) is 1. The maximum atomic E-state index is 12.3. The van der Waals surface area contributed by atoms with Crippen LogP contribution in [0.4, 0.5) is 5.69 Å². The molecule has 1 aromatic rings. The van der Waals surface area contributed by atoms with E-state index in [1.165, 1.54) is 6.42 Å². The smallest absolute Gasteiger partial charge is 0.311 e. The average Bonchev–Trinajstić information content (AvgIpc) is 3.05. The van der Waals surface area contributed by atoms with Crippen molar-refractivity contribution in [2.75, 3.05) is 18.5 Å². The van der Waals surface area contributed by atoms with E-state index in [-0.39, 0.29) is 30.9 Å². The third-order valence-corrected chi connectivity index (χ3v) is 5.64. The first-order valence-electron chi connectivity index (χ1n) is 9.77. The molecule has 1 atom stereocenters. The first kappa shape index (κ1) is 19.4. The summed E-state index contributed by atoms with van der Waals surface area (Å²) in [7, 11) is 0. The Morgan fingerprint density at radius 2 is 1.89 bits per heavy atom. The number of carbonyl (C=O) groups excluding carboxylic acids is 3. The fraction of sp³-hybridized carbons (Fsp3) is 0.571. The molecule has 1 saturated heterocycles. The van der Waals surface area contributed by atoms with Gasteiger partial charge in [0.15, 0.2) is 6.61 Å². The molecule has 0 aromatic heterocycles. The van der Waals surface area contributed by atoms with Crippen LogP contribution in [0.3, 0.4) is 0 Å². The Bertz CT molecular complexity index is 725. The lowest BCUT2D eigenvalue weighted by Gasteiger charge is -2.31. The fourth-order valence-electron chi connectivity index (χ4n) is 3.91. The zero-order valence-electron chi connectivity index (χ0n) is 16.1. The standard InChI is InChI=1S/C21H28N2O4/c1-14-8-9-17(10-15(14)2)22-19(24)13-27-21(26)16-11-20(25)23(12-16)18-6-4-3-5-7-18/h8-10,16,18H,3-7,11-13H2,1-2H3,(H,22,24)/t16-/m1/s1. The van der Waals surface area contributed by atoms with Crippen LogP contribution in [-0.4, -0.2) is 41.9 Å². The molecule has 0 spiro atoms. The van der Waals surface area contributed by atoms with E-state index in [4.69, 9.17) is 4.74 Å². The van der Waals surface area contributed by atoms with Crippen molar-refractivity contribution in [3.8, 4) is 0 Å². The maximum Gasteiger partial charge on any atom is 0.311 e. The van der Waals surface area contributed by atoms with E-state index in [1.54, 1.807) is 0 Å². The normalized spacial score (nSPS) is 20.6. The molecule has 2 aliphatic rings. The number of carbonyl (C=O) groups is 3. The Balaban J connectivity index is 1.46. The van der Waals surface area contributed by atoms with E-state index in [9.17, 15) is 14.4 Å². The molecule has 1 aromatic carbocycles. The number of ether oxygens (including phenoxy) is 1. The maximum absolute atomic E-state index is 12.3. The zero-order chi connectivity index (χ0) is 19.4. The third-order valence-electron chi connectivity index (χ3n) is 5.64. The summed E-state index contributed by atoms with van der Waals surface area (Å²) in [4.78, 5) is 38.4. The minimum Gasteiger partial charge on any atom is -0.455 e. The highest BCUT2D eigenvalue weighted by molar-refractivity contribution is 5.93. The number of nitrogens with zero attached hydrogens (tertiary/aromatic N) is 1. The van der Waals surface area contributed by atoms with Gasteiger partial charge in [0.05, 0.1) is 5.92 Å². The molecule has 27 heavy (non-hydrogen) atoms. The van der Waals surface area contributed by atoms with E-state index < -0.39 is 11.9 Å². The molecule has 3 rings (SSSR count). The van der Waals surface area contributed by atoms with E-state index >= 15 is 0 Å². The number of nitrogens with one attached hydrogen (secondary N) is 1. The predicted molar refractivity (Wildman–Crippen MR) is 102 cm³/mol. The van der Waals surface area contributed by atoms with Crippen LogP contribution in [-0.2, 0) is 19.1 Å². The molecule has 6 nitrogen and oxygen atoms in total. The Hall–Kier alpha value is -2.37. The van der Waals surface area contributed by atoms with Gasteiger partial charge in [-0.25, -0.2) is 0 Å². The summed E-state index contributed by atoms with van der Waals surface area (Å²) in [6.07, 6.45) is 5.73. The summed E-state index contributed by atoms with van der Waals surface area (Å²) in [6, 6.07) is 5.89. The van der Waals surface area contributed by atoms with Crippen molar-refractivity contribution in [3.05, 3.63) is 29.3 Å². The van der Waals surface area contributed by atoms with Gasteiger partial charge in [-0.05, 0) is 49.9 Å². The van der Waals surface area contributed by atoms with Crippen LogP contribution in [0, 0.1) is 19.8 Å². The van der Waals surface area contributed by atoms with Crippen LogP contribution in [0.25, 0.3) is 0 Å². The lowest BCUT2D eigenvalue weighted by molar-refractivity contribution is -0.151. The van der Waals surface area contributed by atoms with Gasteiger partial charge in [-0.1, -0.05) is 25.3 Å². The number of esters is 1. The van der Waals surface area contributed by atoms with Gasteiger partial charge in [-0.3, -0.25) is 14.4 Å². The van der Waals surface area contributed by atoms with Crippen molar-refractivity contribution >= 4 is 23.5 Å². The molecule has 1 heterocycles. The number of amides is 2. The molecule has 1 aliphatic carbocycles. The molecule has 2 amide bonds. The molecule has 0 bridgehead atoms. The van der Waals surface area contributed by atoms with Crippen molar-refractivity contribution in [1.82, 2.24) is 4.90 Å². The molecule has 1 N–H and O–H groups in total. The fourth-order valence-corrected chi connectivity index (χ4v) is 3.91. The monoisotopic (exact) mass is 372 g/mol. The summed E-state index contributed by atoms with van der Waals surface area (Å²) in [5, 5.41) is 2.73. The summed E-state index contributed by atoms with van der Waals surface area (Å²) in [6.45, 7) is 4.06. The van der Waals surface area contributed by atoms with Crippen LogP contribution in [0.1, 0.15) is 49.7 Å². The van der Waals surface area contributed by atoms with Crippen molar-refractivity contribution in [2.45, 2.75) is 58.4 Å². The minimum atomic E-state index is -0.464. The van der Waals surface area contributed by atoms with Crippen LogP contribution < -0.4 is 5.32 Å². The van der Waals surface area contributed by atoms with Crippen molar-refractivity contribution in [3.63, 3.8) is 0 Å². The van der Waals surface area contributed by atoms with Crippen LogP contribution in [0.15, 0.2) is 18.2 Å². The molecule has 146 valence electrons. The largest absolute Gasteiger partial charge is 0.455 e. The number of hydrogen-bond donors (Lipinski definition) is 1. The van der Waals surface area contributed by atoms with Gasteiger partial charge in [-0.15, -0.1) is 0 Å². The van der Waals surface area contributed by atoms with E-state index in [0.29, 0.717) is 12.2 Å². The molecule has 0 radical (unpaired) electrons. The highest BCUT2D eigenvalue weighted by Crippen LogP contribution is 2.29. The molecule has 1 aliphatic heterocycles. The Labute approximate surface area is 160 Å².